The third kappa shape index (κ3) is 3.57. The molecule has 7 nitrogen and oxygen atoms in total. The van der Waals surface area contributed by atoms with Crippen LogP contribution in [0.5, 0.6) is 0 Å². The lowest BCUT2D eigenvalue weighted by atomic mass is 10.1. The van der Waals surface area contributed by atoms with Crippen LogP contribution < -0.4 is 4.72 Å². The monoisotopic (exact) mass is 304 g/mol. The Bertz CT molecular complexity index is 494. The molecule has 20 heavy (non-hydrogen) atoms. The first-order chi connectivity index (χ1) is 9.28. The highest BCUT2D eigenvalue weighted by molar-refractivity contribution is 7.87. The fraction of sp³-hybridized carbons (Fsp3) is 0.750. The molecule has 0 aromatic rings. The number of hydrogen-bond acceptors (Lipinski definition) is 4. The SMILES string of the molecule is CC1CN(S(=O)(=O)NC2C=CC(C(=O)O)C2)CC(C)O1. The van der Waals surface area contributed by atoms with Gasteiger partial charge in [0, 0.05) is 19.1 Å². The number of nitrogens with one attached hydrogen (secondary N) is 1. The molecule has 0 bridgehead atoms. The summed E-state index contributed by atoms with van der Waals surface area (Å²) in [5.41, 5.74) is 0. The van der Waals surface area contributed by atoms with Gasteiger partial charge in [-0.05, 0) is 20.3 Å². The van der Waals surface area contributed by atoms with Gasteiger partial charge in [0.15, 0.2) is 0 Å². The molecule has 0 aromatic carbocycles. The Morgan fingerprint density at radius 1 is 1.30 bits per heavy atom. The second-order valence-electron chi connectivity index (χ2n) is 5.37. The fourth-order valence-electron chi connectivity index (χ4n) is 2.56. The van der Waals surface area contributed by atoms with Gasteiger partial charge in [-0.3, -0.25) is 4.79 Å². The molecule has 2 rings (SSSR count). The zero-order valence-corrected chi connectivity index (χ0v) is 12.3. The first kappa shape index (κ1) is 15.4. The van der Waals surface area contributed by atoms with Crippen LogP contribution in [0, 0.1) is 5.92 Å². The molecule has 8 heteroatoms. The Morgan fingerprint density at radius 2 is 1.90 bits per heavy atom. The van der Waals surface area contributed by atoms with E-state index in [4.69, 9.17) is 9.84 Å². The van der Waals surface area contributed by atoms with Crippen molar-refractivity contribution in [2.24, 2.45) is 5.92 Å². The van der Waals surface area contributed by atoms with E-state index in [1.54, 1.807) is 6.08 Å². The van der Waals surface area contributed by atoms with Crippen LogP contribution in [-0.4, -0.2) is 55.1 Å². The fourth-order valence-corrected chi connectivity index (χ4v) is 4.08. The van der Waals surface area contributed by atoms with E-state index in [1.165, 1.54) is 10.4 Å². The Balaban J connectivity index is 1.98. The van der Waals surface area contributed by atoms with E-state index < -0.39 is 28.1 Å². The van der Waals surface area contributed by atoms with E-state index in [9.17, 15) is 13.2 Å². The molecule has 1 fully saturated rings. The summed E-state index contributed by atoms with van der Waals surface area (Å²) in [7, 11) is -3.62. The summed E-state index contributed by atoms with van der Waals surface area (Å²) in [5, 5.41) is 8.89. The first-order valence-electron chi connectivity index (χ1n) is 6.62. The lowest BCUT2D eigenvalue weighted by Crippen LogP contribution is -2.53. The Labute approximate surface area is 118 Å². The van der Waals surface area contributed by atoms with Crippen LogP contribution in [0.2, 0.25) is 0 Å². The summed E-state index contributed by atoms with van der Waals surface area (Å²) in [4.78, 5) is 10.8. The van der Waals surface area contributed by atoms with Gasteiger partial charge in [0.2, 0.25) is 0 Å². The molecule has 0 amide bonds. The molecule has 1 heterocycles. The second-order valence-corrected chi connectivity index (χ2v) is 7.07. The number of rotatable bonds is 4. The summed E-state index contributed by atoms with van der Waals surface area (Å²) < 4.78 is 34.0. The van der Waals surface area contributed by atoms with Crippen molar-refractivity contribution in [1.82, 2.24) is 9.03 Å². The minimum absolute atomic E-state index is 0.152. The van der Waals surface area contributed by atoms with E-state index in [1.807, 2.05) is 13.8 Å². The molecule has 1 aliphatic carbocycles. The van der Waals surface area contributed by atoms with Gasteiger partial charge in [-0.25, -0.2) is 0 Å². The van der Waals surface area contributed by atoms with Crippen molar-refractivity contribution in [3.05, 3.63) is 12.2 Å². The van der Waals surface area contributed by atoms with Crippen LogP contribution in [0.15, 0.2) is 12.2 Å². The number of morpholine rings is 1. The topological polar surface area (TPSA) is 95.9 Å². The van der Waals surface area contributed by atoms with E-state index in [0.29, 0.717) is 13.1 Å². The third-order valence-corrected chi connectivity index (χ3v) is 5.01. The minimum atomic E-state index is -3.62. The molecule has 0 radical (unpaired) electrons. The van der Waals surface area contributed by atoms with Crippen LogP contribution in [0.25, 0.3) is 0 Å². The number of aliphatic carboxylic acids is 1. The quantitative estimate of drug-likeness (QED) is 0.711. The molecule has 114 valence electrons. The number of carboxylic acid groups (broad SMARTS) is 1. The number of hydrogen-bond donors (Lipinski definition) is 2. The van der Waals surface area contributed by atoms with Crippen LogP contribution in [0.1, 0.15) is 20.3 Å². The van der Waals surface area contributed by atoms with Gasteiger partial charge in [0.05, 0.1) is 18.1 Å². The van der Waals surface area contributed by atoms with Crippen LogP contribution >= 0.6 is 0 Å². The summed E-state index contributed by atoms with van der Waals surface area (Å²) in [6.45, 7) is 4.26. The second kappa shape index (κ2) is 5.80. The average molecular weight is 304 g/mol. The van der Waals surface area contributed by atoms with Gasteiger partial charge in [0.25, 0.3) is 10.2 Å². The summed E-state index contributed by atoms with van der Waals surface area (Å²) in [5.74, 6) is -1.55. The van der Waals surface area contributed by atoms with Gasteiger partial charge in [-0.2, -0.15) is 17.4 Å². The van der Waals surface area contributed by atoms with Gasteiger partial charge in [-0.1, -0.05) is 12.2 Å². The number of ether oxygens (including phenoxy) is 1. The van der Waals surface area contributed by atoms with Crippen molar-refractivity contribution in [3.63, 3.8) is 0 Å². The maximum absolute atomic E-state index is 12.3. The maximum Gasteiger partial charge on any atom is 0.310 e. The standard InChI is InChI=1S/C12H20N2O5S/c1-8-6-14(7-9(2)19-8)20(17,18)13-11-4-3-10(5-11)12(15)16/h3-4,8-11,13H,5-7H2,1-2H3,(H,15,16). The first-order valence-corrected chi connectivity index (χ1v) is 8.06. The van der Waals surface area contributed by atoms with Gasteiger partial charge in [-0.15, -0.1) is 0 Å². The molecule has 2 N–H and O–H groups in total. The number of carboxylic acids is 1. The smallest absolute Gasteiger partial charge is 0.310 e. The average Bonchev–Trinajstić information content (AvgIpc) is 2.75. The normalized spacial score (nSPS) is 35.3. The molecule has 4 unspecified atom stereocenters. The van der Waals surface area contributed by atoms with Crippen molar-refractivity contribution in [2.75, 3.05) is 13.1 Å². The molecule has 0 saturated carbocycles. The van der Waals surface area contributed by atoms with E-state index in [0.717, 1.165) is 0 Å². The van der Waals surface area contributed by atoms with Gasteiger partial charge < -0.3 is 9.84 Å². The molecule has 4 atom stereocenters. The lowest BCUT2D eigenvalue weighted by Gasteiger charge is -2.34. The van der Waals surface area contributed by atoms with Crippen molar-refractivity contribution in [3.8, 4) is 0 Å². The zero-order chi connectivity index (χ0) is 14.9. The van der Waals surface area contributed by atoms with Crippen LogP contribution in [-0.2, 0) is 19.7 Å². The van der Waals surface area contributed by atoms with E-state index in [2.05, 4.69) is 4.72 Å². The minimum Gasteiger partial charge on any atom is -0.481 e. The van der Waals surface area contributed by atoms with Crippen LogP contribution in [0.3, 0.4) is 0 Å². The highest BCUT2D eigenvalue weighted by atomic mass is 32.2. The van der Waals surface area contributed by atoms with Crippen molar-refractivity contribution in [2.45, 2.75) is 38.5 Å². The van der Waals surface area contributed by atoms with E-state index in [-0.39, 0.29) is 18.6 Å². The molecular formula is C12H20N2O5S. The van der Waals surface area contributed by atoms with Crippen molar-refractivity contribution in [1.29, 1.82) is 0 Å². The van der Waals surface area contributed by atoms with Crippen molar-refractivity contribution >= 4 is 16.2 Å². The van der Waals surface area contributed by atoms with Gasteiger partial charge in [0.1, 0.15) is 0 Å². The third-order valence-electron chi connectivity index (χ3n) is 3.43. The molecular weight excluding hydrogens is 284 g/mol. The highest BCUT2D eigenvalue weighted by Gasteiger charge is 2.34. The largest absolute Gasteiger partial charge is 0.481 e. The van der Waals surface area contributed by atoms with Gasteiger partial charge >= 0.3 is 5.97 Å². The molecule has 0 spiro atoms. The highest BCUT2D eigenvalue weighted by Crippen LogP contribution is 2.20. The predicted octanol–water partition coefficient (Wildman–Crippen LogP) is -0.0407. The molecule has 1 saturated heterocycles. The van der Waals surface area contributed by atoms with Crippen LogP contribution in [0.4, 0.5) is 0 Å². The Hall–Kier alpha value is -0.960. The van der Waals surface area contributed by atoms with Crippen molar-refractivity contribution < 1.29 is 23.1 Å². The number of nitrogens with zero attached hydrogens (tertiary/aromatic N) is 1. The maximum atomic E-state index is 12.3. The Kier molecular flexibility index (Phi) is 4.48. The Morgan fingerprint density at radius 3 is 2.40 bits per heavy atom. The summed E-state index contributed by atoms with van der Waals surface area (Å²) >= 11 is 0. The lowest BCUT2D eigenvalue weighted by molar-refractivity contribution is -0.140. The molecule has 1 aliphatic heterocycles. The molecule has 0 aromatic heterocycles. The summed E-state index contributed by atoms with van der Waals surface area (Å²) in [6, 6.07) is -0.463. The van der Waals surface area contributed by atoms with E-state index >= 15 is 0 Å². The summed E-state index contributed by atoms with van der Waals surface area (Å²) in [6.07, 6.45) is 3.08. The molecule has 2 aliphatic rings. The zero-order valence-electron chi connectivity index (χ0n) is 11.5. The predicted molar refractivity (Wildman–Crippen MR) is 72.3 cm³/mol. The number of carbonyl (C=O) groups is 1.